The molecule has 34 heavy (non-hydrogen) atoms. The molecule has 0 atom stereocenters. The second-order valence-electron chi connectivity index (χ2n) is 7.14. The molecule has 0 aliphatic carbocycles. The van der Waals surface area contributed by atoms with E-state index in [1.165, 1.54) is 6.20 Å². The number of nitrogens with one attached hydrogen (secondary N) is 3. The van der Waals surface area contributed by atoms with Gasteiger partial charge in [0, 0.05) is 18.3 Å². The van der Waals surface area contributed by atoms with Crippen molar-refractivity contribution in [1.82, 2.24) is 19.5 Å². The zero-order valence-electron chi connectivity index (χ0n) is 17.5. The molecular weight excluding hydrogens is 483 g/mol. The Morgan fingerprint density at radius 1 is 1.18 bits per heavy atom. The van der Waals surface area contributed by atoms with Crippen LogP contribution in [0.4, 0.5) is 11.6 Å². The molecule has 0 saturated carbocycles. The highest BCUT2D eigenvalue weighted by atomic mass is 35.5. The average Bonchev–Trinajstić information content (AvgIpc) is 2.79. The number of aromatic nitrogens is 4. The zero-order valence-corrected chi connectivity index (χ0v) is 19.0. The molecule has 2 aromatic heterocycles. The van der Waals surface area contributed by atoms with Crippen molar-refractivity contribution in [2.24, 2.45) is 0 Å². The smallest absolute Gasteiger partial charge is 0.333 e. The van der Waals surface area contributed by atoms with Gasteiger partial charge in [-0.2, -0.15) is 4.98 Å². The summed E-state index contributed by atoms with van der Waals surface area (Å²) in [6.45, 7) is 0.301. The van der Waals surface area contributed by atoms with Gasteiger partial charge in [0.2, 0.25) is 5.95 Å². The maximum absolute atomic E-state index is 12.8. The molecule has 2 heterocycles. The van der Waals surface area contributed by atoms with Crippen LogP contribution in [-0.2, 0) is 4.79 Å². The second kappa shape index (κ2) is 9.94. The minimum absolute atomic E-state index is 0.0481. The Kier molecular flexibility index (Phi) is 6.80. The number of ether oxygens (including phenoxy) is 1. The van der Waals surface area contributed by atoms with Crippen LogP contribution >= 0.6 is 23.2 Å². The number of aromatic amines is 1. The molecule has 4 rings (SSSR count). The fourth-order valence-corrected chi connectivity index (χ4v) is 3.75. The molecule has 4 N–H and O–H groups in total. The van der Waals surface area contributed by atoms with Gasteiger partial charge >= 0.3 is 11.7 Å². The molecule has 174 valence electrons. The summed E-state index contributed by atoms with van der Waals surface area (Å²) in [5.41, 5.74) is 0.252. The minimum atomic E-state index is -0.861. The third kappa shape index (κ3) is 5.03. The molecule has 12 heteroatoms. The monoisotopic (exact) mass is 500 g/mol. The standard InChI is InChI=1S/C22H18Cl2N6O4/c23-15-3-1-4-16(24)18(15)30-19(25)14-11-26-21(28-20(14)29-22(30)33)27-12-6-8-13(9-7-12)34-10-2-5-17(31)32/h1,3-4,6-9,11,25H,2,5,10H2,(H,31,32)(H2,26,27,28,29,33). The number of rotatable bonds is 8. The van der Waals surface area contributed by atoms with Crippen LogP contribution in [0, 0.1) is 5.41 Å². The first kappa shape index (κ1) is 23.3. The summed E-state index contributed by atoms with van der Waals surface area (Å²) < 4.78 is 6.57. The Morgan fingerprint density at radius 2 is 1.88 bits per heavy atom. The number of para-hydroxylation sites is 1. The van der Waals surface area contributed by atoms with Crippen molar-refractivity contribution in [3.8, 4) is 11.4 Å². The van der Waals surface area contributed by atoms with E-state index in [4.69, 9.17) is 38.5 Å². The van der Waals surface area contributed by atoms with Crippen molar-refractivity contribution in [2.45, 2.75) is 12.8 Å². The molecule has 4 aromatic rings. The lowest BCUT2D eigenvalue weighted by Gasteiger charge is -2.12. The third-order valence-electron chi connectivity index (χ3n) is 4.77. The van der Waals surface area contributed by atoms with Crippen LogP contribution in [0.3, 0.4) is 0 Å². The van der Waals surface area contributed by atoms with Gasteiger partial charge in [-0.3, -0.25) is 15.2 Å². The van der Waals surface area contributed by atoms with Gasteiger partial charge in [0.05, 0.1) is 27.7 Å². The maximum Gasteiger partial charge on any atom is 0.333 e. The summed E-state index contributed by atoms with van der Waals surface area (Å²) in [4.78, 5) is 34.5. The van der Waals surface area contributed by atoms with Gasteiger partial charge < -0.3 is 15.2 Å². The van der Waals surface area contributed by atoms with Crippen LogP contribution in [0.5, 0.6) is 5.75 Å². The number of benzene rings is 2. The Labute approximate surface area is 202 Å². The van der Waals surface area contributed by atoms with Crippen LogP contribution in [0.15, 0.2) is 53.5 Å². The number of anilines is 2. The van der Waals surface area contributed by atoms with E-state index in [0.29, 0.717) is 29.9 Å². The van der Waals surface area contributed by atoms with E-state index < -0.39 is 11.7 Å². The first-order chi connectivity index (χ1) is 16.3. The number of fused-ring (bicyclic) bond motifs is 1. The fraction of sp³-hybridized carbons (Fsp3) is 0.136. The van der Waals surface area contributed by atoms with E-state index in [9.17, 15) is 9.59 Å². The highest BCUT2D eigenvalue weighted by Crippen LogP contribution is 2.26. The summed E-state index contributed by atoms with van der Waals surface area (Å²) >= 11 is 12.4. The molecule has 0 aliphatic rings. The van der Waals surface area contributed by atoms with E-state index >= 15 is 0 Å². The van der Waals surface area contributed by atoms with Gasteiger partial charge in [-0.05, 0) is 42.8 Å². The number of carboxylic acids is 1. The van der Waals surface area contributed by atoms with E-state index in [2.05, 4.69) is 20.3 Å². The molecule has 0 unspecified atom stereocenters. The van der Waals surface area contributed by atoms with Crippen LogP contribution in [0.25, 0.3) is 16.7 Å². The van der Waals surface area contributed by atoms with E-state index in [0.717, 1.165) is 4.57 Å². The highest BCUT2D eigenvalue weighted by Gasteiger charge is 2.15. The molecule has 0 aliphatic heterocycles. The molecule has 10 nitrogen and oxygen atoms in total. The van der Waals surface area contributed by atoms with E-state index in [-0.39, 0.29) is 39.2 Å². The van der Waals surface area contributed by atoms with Gasteiger partial charge in [0.15, 0.2) is 5.65 Å². The van der Waals surface area contributed by atoms with Crippen LogP contribution < -0.4 is 21.2 Å². The number of carbonyl (C=O) groups is 1. The molecule has 0 spiro atoms. The predicted octanol–water partition coefficient (Wildman–Crippen LogP) is 3.88. The number of hydrogen-bond donors (Lipinski definition) is 4. The molecule has 0 amide bonds. The number of H-pyrrole nitrogens is 1. The SMILES string of the molecule is N=c1c2cnc(Nc3ccc(OCCCC(=O)O)cc3)nc2[nH]c(=O)n1-c1c(Cl)cccc1Cl. The van der Waals surface area contributed by atoms with Gasteiger partial charge in [-0.25, -0.2) is 14.3 Å². The van der Waals surface area contributed by atoms with Crippen LogP contribution in [-0.4, -0.2) is 37.2 Å². The molecule has 0 radical (unpaired) electrons. The first-order valence-corrected chi connectivity index (χ1v) is 10.8. The molecule has 0 saturated heterocycles. The lowest BCUT2D eigenvalue weighted by atomic mass is 10.3. The maximum atomic E-state index is 12.8. The summed E-state index contributed by atoms with van der Waals surface area (Å²) in [5.74, 6) is -0.0487. The number of hydrogen-bond acceptors (Lipinski definition) is 7. The average molecular weight is 501 g/mol. The molecule has 2 aromatic carbocycles. The van der Waals surface area contributed by atoms with Crippen molar-refractivity contribution in [3.63, 3.8) is 0 Å². The number of nitrogens with zero attached hydrogens (tertiary/aromatic N) is 3. The molecule has 0 bridgehead atoms. The van der Waals surface area contributed by atoms with Crippen molar-refractivity contribution in [3.05, 3.63) is 74.7 Å². The largest absolute Gasteiger partial charge is 0.494 e. The minimum Gasteiger partial charge on any atom is -0.494 e. The van der Waals surface area contributed by atoms with Gasteiger partial charge in [-0.15, -0.1) is 0 Å². The molecule has 0 fully saturated rings. The van der Waals surface area contributed by atoms with Gasteiger partial charge in [-0.1, -0.05) is 29.3 Å². The van der Waals surface area contributed by atoms with Crippen molar-refractivity contribution in [2.75, 3.05) is 11.9 Å². The number of carboxylic acid groups (broad SMARTS) is 1. The summed E-state index contributed by atoms with van der Waals surface area (Å²) in [5, 5.41) is 20.9. The van der Waals surface area contributed by atoms with Crippen molar-refractivity contribution in [1.29, 1.82) is 5.41 Å². The third-order valence-corrected chi connectivity index (χ3v) is 5.38. The topological polar surface area (TPSA) is 146 Å². The Bertz CT molecular complexity index is 1460. The highest BCUT2D eigenvalue weighted by molar-refractivity contribution is 6.37. The van der Waals surface area contributed by atoms with Crippen LogP contribution in [0.2, 0.25) is 10.0 Å². The number of halogens is 2. The fourth-order valence-electron chi connectivity index (χ4n) is 3.18. The lowest BCUT2D eigenvalue weighted by molar-refractivity contribution is -0.137. The number of aliphatic carboxylic acids is 1. The predicted molar refractivity (Wildman–Crippen MR) is 127 cm³/mol. The Hall–Kier alpha value is -3.89. The first-order valence-electron chi connectivity index (χ1n) is 10.1. The normalized spacial score (nSPS) is 10.9. The Balaban J connectivity index is 1.56. The van der Waals surface area contributed by atoms with Crippen molar-refractivity contribution >= 4 is 51.8 Å². The van der Waals surface area contributed by atoms with Gasteiger partial charge in [0.1, 0.15) is 11.2 Å². The zero-order chi connectivity index (χ0) is 24.2. The summed E-state index contributed by atoms with van der Waals surface area (Å²) in [7, 11) is 0. The van der Waals surface area contributed by atoms with E-state index in [1.54, 1.807) is 42.5 Å². The van der Waals surface area contributed by atoms with Crippen LogP contribution in [0.1, 0.15) is 12.8 Å². The Morgan fingerprint density at radius 3 is 2.56 bits per heavy atom. The quantitative estimate of drug-likeness (QED) is 0.268. The summed E-state index contributed by atoms with van der Waals surface area (Å²) in [6, 6.07) is 11.7. The van der Waals surface area contributed by atoms with E-state index in [1.807, 2.05) is 0 Å². The molecular formula is C22H18Cl2N6O4. The second-order valence-corrected chi connectivity index (χ2v) is 7.95. The lowest BCUT2D eigenvalue weighted by Crippen LogP contribution is -2.34. The summed E-state index contributed by atoms with van der Waals surface area (Å²) in [6.07, 6.45) is 1.88. The van der Waals surface area contributed by atoms with Crippen molar-refractivity contribution < 1.29 is 14.6 Å². The van der Waals surface area contributed by atoms with Gasteiger partial charge in [0.25, 0.3) is 0 Å².